The number of aromatic amines is 1. The predicted octanol–water partition coefficient (Wildman–Crippen LogP) is 4.25. The summed E-state index contributed by atoms with van der Waals surface area (Å²) in [5, 5.41) is 14.4. The van der Waals surface area contributed by atoms with E-state index in [4.69, 9.17) is 4.52 Å². The SMILES string of the molecule is O=C(CCC(=O)N1Cc2ccccc2-c2n[nH]nc2-c2ccccc21)NCCCCCCOP. The number of rotatable bonds is 10. The lowest BCUT2D eigenvalue weighted by molar-refractivity contribution is -0.125. The molecule has 8 nitrogen and oxygen atoms in total. The molecule has 2 heterocycles. The molecular formula is C25H30N5O3P. The maximum atomic E-state index is 13.4. The molecule has 0 saturated carbocycles. The molecule has 0 aliphatic carbocycles. The molecule has 1 aliphatic rings. The van der Waals surface area contributed by atoms with Gasteiger partial charge in [-0.25, -0.2) is 0 Å². The van der Waals surface area contributed by atoms with E-state index in [0.717, 1.165) is 60.4 Å². The zero-order valence-corrected chi connectivity index (χ0v) is 20.3. The number of carbonyl (C=O) groups is 2. The van der Waals surface area contributed by atoms with Crippen molar-refractivity contribution in [3.63, 3.8) is 0 Å². The van der Waals surface area contributed by atoms with Crippen molar-refractivity contribution in [2.45, 2.75) is 45.1 Å². The highest BCUT2D eigenvalue weighted by Gasteiger charge is 2.27. The summed E-state index contributed by atoms with van der Waals surface area (Å²) in [7, 11) is 2.26. The Morgan fingerprint density at radius 3 is 2.47 bits per heavy atom. The van der Waals surface area contributed by atoms with Gasteiger partial charge in [-0.1, -0.05) is 55.3 Å². The molecule has 178 valence electrons. The minimum Gasteiger partial charge on any atom is -0.366 e. The summed E-state index contributed by atoms with van der Waals surface area (Å²) in [6, 6.07) is 15.6. The fraction of sp³-hybridized carbons (Fsp3) is 0.360. The second kappa shape index (κ2) is 11.9. The lowest BCUT2D eigenvalue weighted by Crippen LogP contribution is -2.33. The molecule has 2 N–H and O–H groups in total. The van der Waals surface area contributed by atoms with Crippen LogP contribution in [0.25, 0.3) is 22.5 Å². The third-order valence-corrected chi connectivity index (χ3v) is 6.21. The first-order chi connectivity index (χ1) is 16.7. The summed E-state index contributed by atoms with van der Waals surface area (Å²) < 4.78 is 4.96. The van der Waals surface area contributed by atoms with Gasteiger partial charge in [0.15, 0.2) is 0 Å². The Labute approximate surface area is 201 Å². The number of nitrogens with zero attached hydrogens (tertiary/aromatic N) is 3. The number of nitrogens with one attached hydrogen (secondary N) is 2. The van der Waals surface area contributed by atoms with Crippen LogP contribution < -0.4 is 10.2 Å². The minimum atomic E-state index is -0.0961. The van der Waals surface area contributed by atoms with Gasteiger partial charge in [-0.3, -0.25) is 9.59 Å². The third kappa shape index (κ3) is 5.69. The number of hydrogen-bond acceptors (Lipinski definition) is 5. The molecule has 1 aromatic heterocycles. The molecule has 1 atom stereocenters. The van der Waals surface area contributed by atoms with Crippen molar-refractivity contribution in [2.75, 3.05) is 18.1 Å². The highest BCUT2D eigenvalue weighted by molar-refractivity contribution is 7.09. The van der Waals surface area contributed by atoms with Gasteiger partial charge in [0.2, 0.25) is 11.8 Å². The maximum absolute atomic E-state index is 13.4. The molecule has 0 radical (unpaired) electrons. The number of carbonyl (C=O) groups excluding carboxylic acids is 2. The van der Waals surface area contributed by atoms with Crippen molar-refractivity contribution in [2.24, 2.45) is 0 Å². The molecule has 0 saturated heterocycles. The number of H-pyrrole nitrogens is 1. The topological polar surface area (TPSA) is 100 Å². The van der Waals surface area contributed by atoms with E-state index in [9.17, 15) is 9.59 Å². The average Bonchev–Trinajstić information content (AvgIpc) is 3.34. The van der Waals surface area contributed by atoms with Crippen LogP contribution in [0.1, 0.15) is 44.1 Å². The Morgan fingerprint density at radius 2 is 1.65 bits per heavy atom. The van der Waals surface area contributed by atoms with E-state index in [1.807, 2.05) is 48.5 Å². The molecule has 0 bridgehead atoms. The van der Waals surface area contributed by atoms with Crippen LogP contribution in [0.4, 0.5) is 5.69 Å². The summed E-state index contributed by atoms with van der Waals surface area (Å²) in [5.74, 6) is -0.192. The van der Waals surface area contributed by atoms with Crippen LogP contribution in [-0.4, -0.2) is 40.4 Å². The summed E-state index contributed by atoms with van der Waals surface area (Å²) in [5.41, 5.74) is 5.02. The van der Waals surface area contributed by atoms with E-state index in [2.05, 4.69) is 30.2 Å². The Hall–Kier alpha value is -3.09. The minimum absolute atomic E-state index is 0.0956. The predicted molar refractivity (Wildman–Crippen MR) is 135 cm³/mol. The highest BCUT2D eigenvalue weighted by atomic mass is 31.0. The lowest BCUT2D eigenvalue weighted by atomic mass is 9.95. The zero-order chi connectivity index (χ0) is 23.8. The van der Waals surface area contributed by atoms with Gasteiger partial charge < -0.3 is 14.7 Å². The van der Waals surface area contributed by atoms with E-state index in [1.54, 1.807) is 4.90 Å². The molecular weight excluding hydrogens is 449 g/mol. The fourth-order valence-electron chi connectivity index (χ4n) is 4.22. The van der Waals surface area contributed by atoms with Gasteiger partial charge in [0, 0.05) is 40.0 Å². The Morgan fingerprint density at radius 1 is 0.941 bits per heavy atom. The largest absolute Gasteiger partial charge is 0.366 e. The second-order valence-corrected chi connectivity index (χ2v) is 8.64. The molecule has 9 heteroatoms. The van der Waals surface area contributed by atoms with Gasteiger partial charge in [-0.2, -0.15) is 15.4 Å². The summed E-state index contributed by atoms with van der Waals surface area (Å²) in [6.45, 7) is 1.77. The standard InChI is InChI=1S/C25H30N5O3P/c31-22(26-15-7-1-2-8-16-33-34)13-14-23(32)30-17-18-9-3-4-10-19(18)24-25(28-29-27-24)20-11-5-6-12-21(20)30/h3-6,9-12H,1-2,7-8,13-17,34H2,(H,26,31)(H,27,28,29). The van der Waals surface area contributed by atoms with Crippen LogP contribution in [0.15, 0.2) is 48.5 Å². The second-order valence-electron chi connectivity index (χ2n) is 8.31. The molecule has 34 heavy (non-hydrogen) atoms. The average molecular weight is 480 g/mol. The normalized spacial score (nSPS) is 12.2. The molecule has 0 fully saturated rings. The number of anilines is 1. The van der Waals surface area contributed by atoms with Crippen LogP contribution in [-0.2, 0) is 20.7 Å². The molecule has 2 amide bonds. The molecule has 3 aromatic rings. The molecule has 4 rings (SSSR count). The molecule has 1 aliphatic heterocycles. The van der Waals surface area contributed by atoms with E-state index in [0.29, 0.717) is 18.8 Å². The van der Waals surface area contributed by atoms with Crippen LogP contribution in [0.5, 0.6) is 0 Å². The maximum Gasteiger partial charge on any atom is 0.227 e. The van der Waals surface area contributed by atoms with Crippen molar-refractivity contribution in [1.29, 1.82) is 0 Å². The van der Waals surface area contributed by atoms with Gasteiger partial charge in [0.1, 0.15) is 11.4 Å². The number of hydrogen-bond donors (Lipinski definition) is 2. The van der Waals surface area contributed by atoms with Crippen molar-refractivity contribution >= 4 is 27.0 Å². The van der Waals surface area contributed by atoms with Gasteiger partial charge in [0.25, 0.3) is 0 Å². The number of para-hydroxylation sites is 1. The number of fused-ring (bicyclic) bond motifs is 5. The molecule has 2 aromatic carbocycles. The van der Waals surface area contributed by atoms with Crippen LogP contribution in [0.3, 0.4) is 0 Å². The smallest absolute Gasteiger partial charge is 0.227 e. The number of aromatic nitrogens is 3. The Kier molecular flexibility index (Phi) is 8.39. The third-order valence-electron chi connectivity index (χ3n) is 5.98. The van der Waals surface area contributed by atoms with Crippen LogP contribution in [0.2, 0.25) is 0 Å². The summed E-state index contributed by atoms with van der Waals surface area (Å²) in [4.78, 5) is 27.4. The summed E-state index contributed by atoms with van der Waals surface area (Å²) >= 11 is 0. The number of unbranched alkanes of at least 4 members (excludes halogenated alkanes) is 3. The van der Waals surface area contributed by atoms with Gasteiger partial charge >= 0.3 is 0 Å². The van der Waals surface area contributed by atoms with E-state index < -0.39 is 0 Å². The highest BCUT2D eigenvalue weighted by Crippen LogP contribution is 2.39. The number of benzene rings is 2. The monoisotopic (exact) mass is 479 g/mol. The van der Waals surface area contributed by atoms with Crippen LogP contribution >= 0.6 is 9.47 Å². The lowest BCUT2D eigenvalue weighted by Gasteiger charge is -2.28. The Bertz CT molecular complexity index is 1130. The van der Waals surface area contributed by atoms with Crippen LogP contribution in [0, 0.1) is 0 Å². The molecule has 0 spiro atoms. The van der Waals surface area contributed by atoms with Crippen molar-refractivity contribution < 1.29 is 14.1 Å². The van der Waals surface area contributed by atoms with E-state index in [1.165, 1.54) is 0 Å². The van der Waals surface area contributed by atoms with Crippen molar-refractivity contribution in [3.05, 3.63) is 54.1 Å². The van der Waals surface area contributed by atoms with E-state index >= 15 is 0 Å². The van der Waals surface area contributed by atoms with Gasteiger partial charge in [-0.05, 0) is 24.5 Å². The van der Waals surface area contributed by atoms with E-state index in [-0.39, 0.29) is 24.7 Å². The fourth-order valence-corrected chi connectivity index (χ4v) is 4.39. The molecule has 1 unspecified atom stereocenters. The quantitative estimate of drug-likeness (QED) is 0.335. The van der Waals surface area contributed by atoms with Gasteiger partial charge in [0.05, 0.1) is 18.8 Å². The Balaban J connectivity index is 1.43. The van der Waals surface area contributed by atoms with Crippen molar-refractivity contribution in [3.8, 4) is 22.5 Å². The zero-order valence-electron chi connectivity index (χ0n) is 19.1. The first kappa shape index (κ1) is 24.0. The first-order valence-corrected chi connectivity index (χ1v) is 12.1. The number of amides is 2. The van der Waals surface area contributed by atoms with Gasteiger partial charge in [-0.15, -0.1) is 0 Å². The first-order valence-electron chi connectivity index (χ1n) is 11.7. The summed E-state index contributed by atoms with van der Waals surface area (Å²) in [6.07, 6.45) is 4.36. The van der Waals surface area contributed by atoms with Crippen molar-refractivity contribution in [1.82, 2.24) is 20.7 Å².